The number of rotatable bonds is 10. The van der Waals surface area contributed by atoms with E-state index in [0.29, 0.717) is 12.4 Å². The van der Waals surface area contributed by atoms with E-state index in [9.17, 15) is 4.79 Å². The van der Waals surface area contributed by atoms with Crippen LogP contribution < -0.4 is 10.3 Å². The molecule has 0 fully saturated rings. The summed E-state index contributed by atoms with van der Waals surface area (Å²) in [6, 6.07) is 17.9. The summed E-state index contributed by atoms with van der Waals surface area (Å²) in [5.41, 5.74) is 3.26. The van der Waals surface area contributed by atoms with Gasteiger partial charge in [-0.25, -0.2) is 0 Å². The molecule has 0 spiro atoms. The summed E-state index contributed by atoms with van der Waals surface area (Å²) in [7, 11) is 1.78. The van der Waals surface area contributed by atoms with Crippen molar-refractivity contribution < 1.29 is 4.74 Å². The van der Waals surface area contributed by atoms with E-state index >= 15 is 0 Å². The molecule has 6 nitrogen and oxygen atoms in total. The zero-order chi connectivity index (χ0) is 22.2. The molecule has 4 aromatic rings. The highest BCUT2D eigenvalue weighted by Gasteiger charge is 2.10. The fourth-order valence-corrected chi connectivity index (χ4v) is 3.82. The van der Waals surface area contributed by atoms with E-state index in [1.807, 2.05) is 67.1 Å². The monoisotopic (exact) mass is 428 g/mol. The molecule has 0 bridgehead atoms. The molecule has 0 aliphatic heterocycles. The quantitative estimate of drug-likeness (QED) is 0.359. The van der Waals surface area contributed by atoms with Crippen molar-refractivity contribution in [3.63, 3.8) is 0 Å². The predicted molar refractivity (Wildman–Crippen MR) is 127 cm³/mol. The number of para-hydroxylation sites is 1. The van der Waals surface area contributed by atoms with Gasteiger partial charge in [-0.3, -0.25) is 19.7 Å². The minimum atomic E-state index is -0.103. The highest BCUT2D eigenvalue weighted by atomic mass is 16.5. The van der Waals surface area contributed by atoms with Crippen molar-refractivity contribution in [2.45, 2.75) is 19.4 Å². The Balaban J connectivity index is 1.37. The number of nitrogens with zero attached hydrogens (tertiary/aromatic N) is 4. The highest BCUT2D eigenvalue weighted by molar-refractivity contribution is 5.80. The molecule has 6 heteroatoms. The summed E-state index contributed by atoms with van der Waals surface area (Å²) < 4.78 is 7.56. The zero-order valence-corrected chi connectivity index (χ0v) is 18.4. The standard InChI is InChI=1S/C26H28N4O2/c1-29-24-8-3-2-7-23(24)18-25(26(29)31)32-17-5-15-30(20-22-9-13-27-14-10-22)16-11-21-6-4-12-28-19-21/h2-4,6-10,12-14,18-19H,5,11,15-17,20H2,1H3. The molecule has 0 aliphatic rings. The molecule has 0 radical (unpaired) electrons. The molecule has 0 unspecified atom stereocenters. The Bertz CT molecular complexity index is 1190. The Labute approximate surface area is 188 Å². The first-order valence-electron chi connectivity index (χ1n) is 10.9. The van der Waals surface area contributed by atoms with E-state index in [0.717, 1.165) is 43.4 Å². The molecule has 32 heavy (non-hydrogen) atoms. The number of benzene rings is 1. The van der Waals surface area contributed by atoms with Gasteiger partial charge in [-0.2, -0.15) is 0 Å². The van der Waals surface area contributed by atoms with Crippen molar-refractivity contribution in [1.82, 2.24) is 19.4 Å². The van der Waals surface area contributed by atoms with Gasteiger partial charge < -0.3 is 9.30 Å². The Hall–Kier alpha value is -3.51. The van der Waals surface area contributed by atoms with Crippen LogP contribution in [0, 0.1) is 0 Å². The van der Waals surface area contributed by atoms with E-state index in [-0.39, 0.29) is 5.56 Å². The number of hydrogen-bond acceptors (Lipinski definition) is 5. The lowest BCUT2D eigenvalue weighted by Gasteiger charge is -2.22. The van der Waals surface area contributed by atoms with Crippen LogP contribution in [0.1, 0.15) is 17.5 Å². The molecule has 164 valence electrons. The fourth-order valence-electron chi connectivity index (χ4n) is 3.82. The molecule has 0 amide bonds. The lowest BCUT2D eigenvalue weighted by molar-refractivity contribution is 0.228. The van der Waals surface area contributed by atoms with Gasteiger partial charge in [0.1, 0.15) is 0 Å². The van der Waals surface area contributed by atoms with Gasteiger partial charge in [0.2, 0.25) is 0 Å². The highest BCUT2D eigenvalue weighted by Crippen LogP contribution is 2.16. The van der Waals surface area contributed by atoms with Crippen molar-refractivity contribution in [1.29, 1.82) is 0 Å². The van der Waals surface area contributed by atoms with Gasteiger partial charge in [-0.15, -0.1) is 0 Å². The summed E-state index contributed by atoms with van der Waals surface area (Å²) in [4.78, 5) is 23.4. The minimum Gasteiger partial charge on any atom is -0.488 e. The number of aromatic nitrogens is 3. The molecular weight excluding hydrogens is 400 g/mol. The molecule has 0 saturated heterocycles. The van der Waals surface area contributed by atoms with Gasteiger partial charge in [0.25, 0.3) is 5.56 Å². The molecule has 4 rings (SSSR count). The smallest absolute Gasteiger partial charge is 0.293 e. The van der Waals surface area contributed by atoms with Crippen LogP contribution in [-0.4, -0.2) is 39.1 Å². The van der Waals surface area contributed by atoms with Crippen molar-refractivity contribution >= 4 is 10.9 Å². The maximum absolute atomic E-state index is 12.6. The Morgan fingerprint density at radius 3 is 2.59 bits per heavy atom. The first-order valence-corrected chi connectivity index (χ1v) is 10.9. The number of pyridine rings is 3. The summed E-state index contributed by atoms with van der Waals surface area (Å²) in [6.07, 6.45) is 9.13. The lowest BCUT2D eigenvalue weighted by Crippen LogP contribution is -2.28. The van der Waals surface area contributed by atoms with Crippen LogP contribution in [0.15, 0.2) is 84.2 Å². The van der Waals surface area contributed by atoms with Crippen LogP contribution in [-0.2, 0) is 20.0 Å². The molecule has 0 aliphatic carbocycles. The van der Waals surface area contributed by atoms with Crippen molar-refractivity contribution in [2.24, 2.45) is 7.05 Å². The van der Waals surface area contributed by atoms with Crippen LogP contribution in [0.4, 0.5) is 0 Å². The maximum atomic E-state index is 12.6. The third kappa shape index (κ3) is 5.59. The molecule has 1 aromatic carbocycles. The normalized spacial score (nSPS) is 11.2. The second-order valence-corrected chi connectivity index (χ2v) is 7.88. The Morgan fingerprint density at radius 2 is 1.78 bits per heavy atom. The van der Waals surface area contributed by atoms with E-state index in [2.05, 4.69) is 20.9 Å². The van der Waals surface area contributed by atoms with Gasteiger partial charge in [0, 0.05) is 56.9 Å². The second kappa shape index (κ2) is 10.7. The Kier molecular flexibility index (Phi) is 7.25. The fraction of sp³-hybridized carbons (Fsp3) is 0.269. The van der Waals surface area contributed by atoms with E-state index in [1.54, 1.807) is 17.8 Å². The van der Waals surface area contributed by atoms with Gasteiger partial charge in [-0.05, 0) is 54.3 Å². The zero-order valence-electron chi connectivity index (χ0n) is 18.4. The van der Waals surface area contributed by atoms with Crippen molar-refractivity contribution in [3.05, 3.63) is 101 Å². The number of fused-ring (bicyclic) bond motifs is 1. The summed E-state index contributed by atoms with van der Waals surface area (Å²) in [6.45, 7) is 3.13. The second-order valence-electron chi connectivity index (χ2n) is 7.88. The summed E-state index contributed by atoms with van der Waals surface area (Å²) in [5, 5.41) is 1.00. The average Bonchev–Trinajstić information content (AvgIpc) is 2.84. The van der Waals surface area contributed by atoms with Gasteiger partial charge >= 0.3 is 0 Å². The van der Waals surface area contributed by atoms with Gasteiger partial charge in [-0.1, -0.05) is 24.3 Å². The number of aryl methyl sites for hydroxylation is 1. The van der Waals surface area contributed by atoms with Crippen LogP contribution in [0.3, 0.4) is 0 Å². The minimum absolute atomic E-state index is 0.103. The number of hydrogen-bond donors (Lipinski definition) is 0. The van der Waals surface area contributed by atoms with Crippen molar-refractivity contribution in [2.75, 3.05) is 19.7 Å². The van der Waals surface area contributed by atoms with E-state index < -0.39 is 0 Å². The van der Waals surface area contributed by atoms with Crippen LogP contribution in [0.5, 0.6) is 5.75 Å². The first kappa shape index (κ1) is 21.7. The van der Waals surface area contributed by atoms with Crippen LogP contribution in [0.25, 0.3) is 10.9 Å². The third-order valence-corrected chi connectivity index (χ3v) is 5.57. The topological polar surface area (TPSA) is 60.2 Å². The third-order valence-electron chi connectivity index (χ3n) is 5.57. The molecule has 3 heterocycles. The van der Waals surface area contributed by atoms with E-state index in [1.165, 1.54) is 11.1 Å². The molecular formula is C26H28N4O2. The lowest BCUT2D eigenvalue weighted by atomic mass is 10.2. The largest absolute Gasteiger partial charge is 0.488 e. The molecule has 3 aromatic heterocycles. The Morgan fingerprint density at radius 1 is 0.938 bits per heavy atom. The number of ether oxygens (including phenoxy) is 1. The molecule has 0 N–H and O–H groups in total. The van der Waals surface area contributed by atoms with Crippen LogP contribution in [0.2, 0.25) is 0 Å². The summed E-state index contributed by atoms with van der Waals surface area (Å²) >= 11 is 0. The van der Waals surface area contributed by atoms with Gasteiger partial charge in [0.05, 0.1) is 12.1 Å². The molecule has 0 atom stereocenters. The van der Waals surface area contributed by atoms with Gasteiger partial charge in [0.15, 0.2) is 5.75 Å². The van der Waals surface area contributed by atoms with Crippen LogP contribution >= 0.6 is 0 Å². The first-order chi connectivity index (χ1) is 15.7. The predicted octanol–water partition coefficient (Wildman–Crippen LogP) is 3.84. The molecule has 0 saturated carbocycles. The summed E-state index contributed by atoms with van der Waals surface area (Å²) in [5.74, 6) is 0.405. The average molecular weight is 429 g/mol. The van der Waals surface area contributed by atoms with E-state index in [4.69, 9.17) is 4.74 Å². The SMILES string of the molecule is Cn1c(=O)c(OCCCN(CCc2cccnc2)Cc2ccncc2)cc2ccccc21. The van der Waals surface area contributed by atoms with Crippen molar-refractivity contribution in [3.8, 4) is 5.75 Å². The maximum Gasteiger partial charge on any atom is 0.293 e.